The van der Waals surface area contributed by atoms with Gasteiger partial charge in [-0.25, -0.2) is 4.39 Å². The Kier molecular flexibility index (Phi) is 4.04. The van der Waals surface area contributed by atoms with Gasteiger partial charge in [0.05, 0.1) is 6.10 Å². The van der Waals surface area contributed by atoms with Gasteiger partial charge >= 0.3 is 0 Å². The molecule has 2 aliphatic carbocycles. The van der Waals surface area contributed by atoms with E-state index in [0.29, 0.717) is 12.2 Å². The number of aliphatic hydroxyl groups excluding tert-OH is 1. The van der Waals surface area contributed by atoms with Crippen molar-refractivity contribution in [2.24, 2.45) is 5.41 Å². The van der Waals surface area contributed by atoms with Gasteiger partial charge in [0.15, 0.2) is 11.6 Å². The van der Waals surface area contributed by atoms with Crippen LogP contribution in [0.2, 0.25) is 0 Å². The van der Waals surface area contributed by atoms with Gasteiger partial charge in [-0.2, -0.15) is 0 Å². The average molecular weight is 343 g/mol. The molecule has 2 aliphatic rings. The Labute approximate surface area is 127 Å². The first-order valence-electron chi connectivity index (χ1n) is 7.41. The van der Waals surface area contributed by atoms with Crippen LogP contribution in [-0.2, 0) is 0 Å². The zero-order chi connectivity index (χ0) is 14.2. The molecule has 1 aromatic rings. The van der Waals surface area contributed by atoms with Crippen molar-refractivity contribution in [3.8, 4) is 5.75 Å². The summed E-state index contributed by atoms with van der Waals surface area (Å²) in [4.78, 5) is 0. The third kappa shape index (κ3) is 2.48. The maximum atomic E-state index is 13.8. The molecule has 2 saturated carbocycles. The molecule has 0 radical (unpaired) electrons. The molecule has 2 nitrogen and oxygen atoms in total. The number of hydrogen-bond acceptors (Lipinski definition) is 2. The molecule has 1 spiro atoms. The lowest BCUT2D eigenvalue weighted by molar-refractivity contribution is -0.163. The smallest absolute Gasteiger partial charge is 0.165 e. The molecule has 110 valence electrons. The SMILES string of the molecule is OC1CC(Oc2cc(Br)ccc2F)C12CCCCCC2. The van der Waals surface area contributed by atoms with Gasteiger partial charge in [0.2, 0.25) is 0 Å². The molecular weight excluding hydrogens is 323 g/mol. The largest absolute Gasteiger partial charge is 0.487 e. The highest BCUT2D eigenvalue weighted by Crippen LogP contribution is 2.52. The molecule has 0 aromatic heterocycles. The molecule has 2 fully saturated rings. The van der Waals surface area contributed by atoms with E-state index in [9.17, 15) is 9.50 Å². The van der Waals surface area contributed by atoms with E-state index >= 15 is 0 Å². The molecule has 0 bridgehead atoms. The highest BCUT2D eigenvalue weighted by Gasteiger charge is 2.55. The third-order valence-corrected chi connectivity index (χ3v) is 5.43. The number of benzene rings is 1. The Morgan fingerprint density at radius 2 is 1.90 bits per heavy atom. The van der Waals surface area contributed by atoms with Crippen LogP contribution >= 0.6 is 15.9 Å². The predicted molar refractivity (Wildman–Crippen MR) is 79.3 cm³/mol. The van der Waals surface area contributed by atoms with E-state index in [1.165, 1.54) is 18.9 Å². The minimum absolute atomic E-state index is 0.0561. The number of ether oxygens (including phenoxy) is 1. The summed E-state index contributed by atoms with van der Waals surface area (Å²) in [5.41, 5.74) is -0.148. The highest BCUT2D eigenvalue weighted by atomic mass is 79.9. The zero-order valence-corrected chi connectivity index (χ0v) is 13.0. The molecule has 0 saturated heterocycles. The van der Waals surface area contributed by atoms with E-state index in [2.05, 4.69) is 15.9 Å². The van der Waals surface area contributed by atoms with Crippen LogP contribution in [0.1, 0.15) is 44.9 Å². The van der Waals surface area contributed by atoms with Crippen molar-refractivity contribution >= 4 is 15.9 Å². The fraction of sp³-hybridized carbons (Fsp3) is 0.625. The number of rotatable bonds is 2. The third-order valence-electron chi connectivity index (χ3n) is 4.94. The molecule has 0 heterocycles. The van der Waals surface area contributed by atoms with Crippen LogP contribution in [0.5, 0.6) is 5.75 Å². The fourth-order valence-electron chi connectivity index (χ4n) is 3.65. The monoisotopic (exact) mass is 342 g/mol. The second-order valence-electron chi connectivity index (χ2n) is 6.08. The lowest BCUT2D eigenvalue weighted by Crippen LogP contribution is -2.59. The second kappa shape index (κ2) is 5.64. The topological polar surface area (TPSA) is 29.5 Å². The molecule has 2 atom stereocenters. The van der Waals surface area contributed by atoms with Crippen LogP contribution in [0, 0.1) is 11.2 Å². The minimum Gasteiger partial charge on any atom is -0.487 e. The molecular formula is C16H20BrFO2. The van der Waals surface area contributed by atoms with E-state index in [0.717, 1.165) is 30.2 Å². The number of aliphatic hydroxyl groups is 1. The van der Waals surface area contributed by atoms with Gasteiger partial charge in [0, 0.05) is 16.3 Å². The van der Waals surface area contributed by atoms with Gasteiger partial charge in [0.25, 0.3) is 0 Å². The maximum absolute atomic E-state index is 13.8. The Hall–Kier alpha value is -0.610. The normalized spacial score (nSPS) is 28.8. The molecule has 1 aromatic carbocycles. The summed E-state index contributed by atoms with van der Waals surface area (Å²) in [7, 11) is 0. The van der Waals surface area contributed by atoms with Crippen molar-refractivity contribution in [2.75, 3.05) is 0 Å². The maximum Gasteiger partial charge on any atom is 0.165 e. The van der Waals surface area contributed by atoms with E-state index in [4.69, 9.17) is 4.74 Å². The van der Waals surface area contributed by atoms with Crippen molar-refractivity contribution in [3.63, 3.8) is 0 Å². The van der Waals surface area contributed by atoms with Gasteiger partial charge < -0.3 is 9.84 Å². The molecule has 0 aliphatic heterocycles. The number of hydrogen-bond donors (Lipinski definition) is 1. The van der Waals surface area contributed by atoms with Gasteiger partial charge in [-0.1, -0.05) is 41.6 Å². The first-order valence-corrected chi connectivity index (χ1v) is 8.21. The second-order valence-corrected chi connectivity index (χ2v) is 7.00. The van der Waals surface area contributed by atoms with Gasteiger partial charge in [0.1, 0.15) is 6.10 Å². The van der Waals surface area contributed by atoms with Gasteiger partial charge in [-0.15, -0.1) is 0 Å². The lowest BCUT2D eigenvalue weighted by Gasteiger charge is -2.53. The summed E-state index contributed by atoms with van der Waals surface area (Å²) >= 11 is 3.34. The molecule has 1 N–H and O–H groups in total. The van der Waals surface area contributed by atoms with E-state index < -0.39 is 0 Å². The van der Waals surface area contributed by atoms with E-state index in [1.807, 2.05) is 0 Å². The van der Waals surface area contributed by atoms with Gasteiger partial charge in [-0.05, 0) is 31.0 Å². The summed E-state index contributed by atoms with van der Waals surface area (Å²) in [6, 6.07) is 4.75. The summed E-state index contributed by atoms with van der Waals surface area (Å²) in [5.74, 6) is -0.0433. The van der Waals surface area contributed by atoms with E-state index in [1.54, 1.807) is 12.1 Å². The Morgan fingerprint density at radius 3 is 2.55 bits per heavy atom. The zero-order valence-electron chi connectivity index (χ0n) is 11.4. The summed E-state index contributed by atoms with van der Waals surface area (Å²) in [5, 5.41) is 10.2. The number of halogens is 2. The lowest BCUT2D eigenvalue weighted by atomic mass is 9.59. The Balaban J connectivity index is 1.78. The summed E-state index contributed by atoms with van der Waals surface area (Å²) < 4.78 is 20.5. The minimum atomic E-state index is -0.335. The van der Waals surface area contributed by atoms with Crippen molar-refractivity contribution in [1.29, 1.82) is 0 Å². The molecule has 2 unspecified atom stereocenters. The van der Waals surface area contributed by atoms with Crippen LogP contribution in [0.4, 0.5) is 4.39 Å². The Morgan fingerprint density at radius 1 is 1.20 bits per heavy atom. The summed E-state index contributed by atoms with van der Waals surface area (Å²) in [6.45, 7) is 0. The highest BCUT2D eigenvalue weighted by molar-refractivity contribution is 9.10. The van der Waals surface area contributed by atoms with Crippen LogP contribution in [0.3, 0.4) is 0 Å². The Bertz CT molecular complexity index is 483. The summed E-state index contributed by atoms with van der Waals surface area (Å²) in [6.07, 6.45) is 6.99. The quantitative estimate of drug-likeness (QED) is 0.860. The van der Waals surface area contributed by atoms with Crippen molar-refractivity contribution < 1.29 is 14.2 Å². The van der Waals surface area contributed by atoms with Crippen molar-refractivity contribution in [3.05, 3.63) is 28.5 Å². The molecule has 3 rings (SSSR count). The van der Waals surface area contributed by atoms with Crippen LogP contribution < -0.4 is 4.74 Å². The fourth-order valence-corrected chi connectivity index (χ4v) is 3.99. The van der Waals surface area contributed by atoms with E-state index in [-0.39, 0.29) is 23.4 Å². The van der Waals surface area contributed by atoms with Crippen molar-refractivity contribution in [1.82, 2.24) is 0 Å². The van der Waals surface area contributed by atoms with Crippen LogP contribution in [-0.4, -0.2) is 17.3 Å². The first-order chi connectivity index (χ1) is 9.62. The van der Waals surface area contributed by atoms with Gasteiger partial charge in [-0.3, -0.25) is 0 Å². The van der Waals surface area contributed by atoms with Crippen LogP contribution in [0.15, 0.2) is 22.7 Å². The average Bonchev–Trinajstić information content (AvgIpc) is 2.70. The molecule has 20 heavy (non-hydrogen) atoms. The molecule has 0 amide bonds. The molecule has 4 heteroatoms. The predicted octanol–water partition coefficient (Wildman–Crippen LogP) is 4.44. The first kappa shape index (κ1) is 14.3. The van der Waals surface area contributed by atoms with Crippen LogP contribution in [0.25, 0.3) is 0 Å². The van der Waals surface area contributed by atoms with Crippen molar-refractivity contribution in [2.45, 2.75) is 57.2 Å². The standard InChI is InChI=1S/C16H20BrFO2/c17-11-5-6-12(18)13(9-11)20-15-10-14(19)16(15)7-3-1-2-4-8-16/h5-6,9,14-15,19H,1-4,7-8,10H2.